The summed E-state index contributed by atoms with van der Waals surface area (Å²) in [5.74, 6) is 0.0186. The molecular weight excluding hydrogens is 284 g/mol. The van der Waals surface area contributed by atoms with E-state index < -0.39 is 4.92 Å². The van der Waals surface area contributed by atoms with Gasteiger partial charge in [0.2, 0.25) is 5.91 Å². The predicted molar refractivity (Wildman–Crippen MR) is 81.4 cm³/mol. The van der Waals surface area contributed by atoms with Gasteiger partial charge < -0.3 is 10.2 Å². The molecule has 0 aliphatic carbocycles. The third-order valence-electron chi connectivity index (χ3n) is 3.86. The number of benzene rings is 1. The summed E-state index contributed by atoms with van der Waals surface area (Å²) in [5, 5.41) is 22.9. The minimum Gasteiger partial charge on any atom is -0.366 e. The minimum atomic E-state index is -0.466. The minimum absolute atomic E-state index is 0.0337. The van der Waals surface area contributed by atoms with Crippen LogP contribution in [0.1, 0.15) is 25.3 Å². The Morgan fingerprint density at radius 3 is 2.73 bits per heavy atom. The van der Waals surface area contributed by atoms with E-state index in [4.69, 9.17) is 5.26 Å². The first kappa shape index (κ1) is 15.8. The maximum absolute atomic E-state index is 11.8. The van der Waals surface area contributed by atoms with E-state index in [0.717, 1.165) is 0 Å². The highest BCUT2D eigenvalue weighted by atomic mass is 16.6. The first-order valence-corrected chi connectivity index (χ1v) is 7.28. The molecule has 2 rings (SSSR count). The average molecular weight is 302 g/mol. The second-order valence-corrected chi connectivity index (χ2v) is 5.23. The van der Waals surface area contributed by atoms with Crippen molar-refractivity contribution in [2.24, 2.45) is 5.92 Å². The van der Waals surface area contributed by atoms with Crippen LogP contribution in [-0.2, 0) is 4.79 Å². The molecule has 0 radical (unpaired) electrons. The van der Waals surface area contributed by atoms with Crippen LogP contribution in [0.3, 0.4) is 0 Å². The Balaban J connectivity index is 2.13. The monoisotopic (exact) mass is 302 g/mol. The molecule has 1 aliphatic heterocycles. The van der Waals surface area contributed by atoms with Crippen LogP contribution < -0.4 is 10.2 Å². The molecule has 0 aromatic heterocycles. The largest absolute Gasteiger partial charge is 0.366 e. The molecule has 0 spiro atoms. The standard InChI is InChI=1S/C15H18N4O3/c1-2-17-15(20)12-5-7-18(8-6-12)13-4-3-11(10-16)9-14(13)19(21)22/h3-4,9,12H,2,5-8H2,1H3,(H,17,20). The van der Waals surface area contributed by atoms with Crippen LogP contribution in [0, 0.1) is 27.4 Å². The summed E-state index contributed by atoms with van der Waals surface area (Å²) in [7, 11) is 0. The normalized spacial score (nSPS) is 15.2. The summed E-state index contributed by atoms with van der Waals surface area (Å²) in [6.07, 6.45) is 1.34. The van der Waals surface area contributed by atoms with E-state index in [2.05, 4.69) is 5.32 Å². The number of amides is 1. The van der Waals surface area contributed by atoms with Gasteiger partial charge in [0.05, 0.1) is 16.6 Å². The van der Waals surface area contributed by atoms with Crippen LogP contribution in [-0.4, -0.2) is 30.5 Å². The number of carbonyl (C=O) groups excluding carboxylic acids is 1. The van der Waals surface area contributed by atoms with E-state index in [9.17, 15) is 14.9 Å². The molecule has 1 saturated heterocycles. The van der Waals surface area contributed by atoms with Gasteiger partial charge in [-0.15, -0.1) is 0 Å². The smallest absolute Gasteiger partial charge is 0.293 e. The molecule has 1 aromatic carbocycles. The van der Waals surface area contributed by atoms with Crippen molar-refractivity contribution in [3.63, 3.8) is 0 Å². The lowest BCUT2D eigenvalue weighted by Crippen LogP contribution is -2.40. The Kier molecular flexibility index (Phi) is 4.94. The summed E-state index contributed by atoms with van der Waals surface area (Å²) in [4.78, 5) is 24.5. The van der Waals surface area contributed by atoms with Crippen LogP contribution in [0.5, 0.6) is 0 Å². The third-order valence-corrected chi connectivity index (χ3v) is 3.86. The van der Waals surface area contributed by atoms with Gasteiger partial charge in [0.1, 0.15) is 5.69 Å². The number of hydrogen-bond donors (Lipinski definition) is 1. The molecule has 1 heterocycles. The first-order valence-electron chi connectivity index (χ1n) is 7.28. The van der Waals surface area contributed by atoms with Crippen molar-refractivity contribution in [3.8, 4) is 6.07 Å². The van der Waals surface area contributed by atoms with Crippen molar-refractivity contribution >= 4 is 17.3 Å². The summed E-state index contributed by atoms with van der Waals surface area (Å²) in [5.41, 5.74) is 0.724. The van der Waals surface area contributed by atoms with Gasteiger partial charge in [0, 0.05) is 31.6 Å². The van der Waals surface area contributed by atoms with Crippen LogP contribution in [0.2, 0.25) is 0 Å². The first-order chi connectivity index (χ1) is 10.6. The van der Waals surface area contributed by atoms with Gasteiger partial charge >= 0.3 is 0 Å². The van der Waals surface area contributed by atoms with Gasteiger partial charge in [0.15, 0.2) is 0 Å². The lowest BCUT2D eigenvalue weighted by molar-refractivity contribution is -0.384. The molecule has 0 unspecified atom stereocenters. The molecule has 116 valence electrons. The molecule has 1 N–H and O–H groups in total. The second kappa shape index (κ2) is 6.89. The fraction of sp³-hybridized carbons (Fsp3) is 0.467. The van der Waals surface area contributed by atoms with Crippen LogP contribution >= 0.6 is 0 Å². The fourth-order valence-corrected chi connectivity index (χ4v) is 2.71. The molecule has 1 aromatic rings. The number of nitrogens with zero attached hydrogens (tertiary/aromatic N) is 3. The lowest BCUT2D eigenvalue weighted by Gasteiger charge is -2.32. The van der Waals surface area contributed by atoms with Gasteiger partial charge in [-0.05, 0) is 31.9 Å². The SMILES string of the molecule is CCNC(=O)C1CCN(c2ccc(C#N)cc2[N+](=O)[O-])CC1. The van der Waals surface area contributed by atoms with Crippen molar-refractivity contribution in [2.45, 2.75) is 19.8 Å². The summed E-state index contributed by atoms with van der Waals surface area (Å²) in [6, 6.07) is 6.41. The van der Waals surface area contributed by atoms with Crippen LogP contribution in [0.25, 0.3) is 0 Å². The van der Waals surface area contributed by atoms with Crippen molar-refractivity contribution in [1.82, 2.24) is 5.32 Å². The van der Waals surface area contributed by atoms with Crippen molar-refractivity contribution < 1.29 is 9.72 Å². The van der Waals surface area contributed by atoms with Crippen molar-refractivity contribution in [1.29, 1.82) is 5.26 Å². The summed E-state index contributed by atoms with van der Waals surface area (Å²) >= 11 is 0. The number of rotatable bonds is 4. The zero-order valence-electron chi connectivity index (χ0n) is 12.4. The molecule has 7 heteroatoms. The zero-order chi connectivity index (χ0) is 16.1. The van der Waals surface area contributed by atoms with Gasteiger partial charge in [-0.1, -0.05) is 0 Å². The highest BCUT2D eigenvalue weighted by Gasteiger charge is 2.28. The lowest BCUT2D eigenvalue weighted by atomic mass is 9.95. The number of nitrogens with one attached hydrogen (secondary N) is 1. The topological polar surface area (TPSA) is 99.3 Å². The third kappa shape index (κ3) is 3.34. The highest BCUT2D eigenvalue weighted by molar-refractivity contribution is 5.79. The number of carbonyl (C=O) groups is 1. The zero-order valence-corrected chi connectivity index (χ0v) is 12.4. The fourth-order valence-electron chi connectivity index (χ4n) is 2.71. The van der Waals surface area contributed by atoms with Gasteiger partial charge in [-0.3, -0.25) is 14.9 Å². The van der Waals surface area contributed by atoms with Gasteiger partial charge in [0.25, 0.3) is 5.69 Å². The quantitative estimate of drug-likeness (QED) is 0.675. The molecule has 0 saturated carbocycles. The molecule has 1 amide bonds. The number of piperidine rings is 1. The summed E-state index contributed by atoms with van der Waals surface area (Å²) in [6.45, 7) is 3.68. The molecule has 1 fully saturated rings. The van der Waals surface area contributed by atoms with Crippen LogP contribution in [0.15, 0.2) is 18.2 Å². The molecule has 0 bridgehead atoms. The van der Waals surface area contributed by atoms with Crippen LogP contribution in [0.4, 0.5) is 11.4 Å². The number of nitro benzene ring substituents is 1. The Morgan fingerprint density at radius 2 is 2.18 bits per heavy atom. The molecule has 0 atom stereocenters. The van der Waals surface area contributed by atoms with E-state index in [-0.39, 0.29) is 23.1 Å². The highest BCUT2D eigenvalue weighted by Crippen LogP contribution is 2.32. The molecule has 7 nitrogen and oxygen atoms in total. The van der Waals surface area contributed by atoms with E-state index in [1.165, 1.54) is 6.07 Å². The predicted octanol–water partition coefficient (Wildman–Crippen LogP) is 1.82. The molecule has 22 heavy (non-hydrogen) atoms. The number of anilines is 1. The van der Waals surface area contributed by atoms with Crippen molar-refractivity contribution in [3.05, 3.63) is 33.9 Å². The Morgan fingerprint density at radius 1 is 1.50 bits per heavy atom. The number of hydrogen-bond acceptors (Lipinski definition) is 5. The van der Waals surface area contributed by atoms with E-state index in [0.29, 0.717) is 38.2 Å². The Labute approximate surface area is 128 Å². The van der Waals surface area contributed by atoms with Gasteiger partial charge in [-0.25, -0.2) is 0 Å². The van der Waals surface area contributed by atoms with E-state index >= 15 is 0 Å². The summed E-state index contributed by atoms with van der Waals surface area (Å²) < 4.78 is 0. The van der Waals surface area contributed by atoms with Crippen molar-refractivity contribution in [2.75, 3.05) is 24.5 Å². The maximum Gasteiger partial charge on any atom is 0.293 e. The number of nitro groups is 1. The Bertz CT molecular complexity index is 616. The van der Waals surface area contributed by atoms with E-state index in [1.54, 1.807) is 12.1 Å². The second-order valence-electron chi connectivity index (χ2n) is 5.23. The maximum atomic E-state index is 11.8. The molecule has 1 aliphatic rings. The average Bonchev–Trinajstić information content (AvgIpc) is 2.54. The van der Waals surface area contributed by atoms with E-state index in [1.807, 2.05) is 17.9 Å². The number of nitriles is 1. The van der Waals surface area contributed by atoms with Gasteiger partial charge in [-0.2, -0.15) is 5.26 Å². The Hall–Kier alpha value is -2.62. The molecular formula is C15H18N4O3.